The summed E-state index contributed by atoms with van der Waals surface area (Å²) in [7, 11) is 1.10. The van der Waals surface area contributed by atoms with Gasteiger partial charge in [0.05, 0.1) is 39.9 Å². The number of phosphoric ester groups is 1. The summed E-state index contributed by atoms with van der Waals surface area (Å²) in [5, 5.41) is 24.7. The van der Waals surface area contributed by atoms with Crippen LogP contribution in [-0.2, 0) is 18.4 Å². The molecule has 0 aromatic carbocycles. The number of aliphatic hydroxyl groups excluding tert-OH is 2. The Morgan fingerprint density at radius 3 is 1.25 bits per heavy atom. The molecule has 0 rings (SSSR count). The van der Waals surface area contributed by atoms with Crippen LogP contribution >= 0.6 is 7.82 Å². The van der Waals surface area contributed by atoms with E-state index in [0.717, 1.165) is 77.0 Å². The largest absolute Gasteiger partial charge is 0.756 e. The summed E-state index contributed by atoms with van der Waals surface area (Å²) in [6.07, 6.45) is 77.0. The van der Waals surface area contributed by atoms with Crippen molar-refractivity contribution in [1.82, 2.24) is 5.32 Å². The van der Waals surface area contributed by atoms with Gasteiger partial charge in [0.25, 0.3) is 7.82 Å². The monoisotopic (exact) mass is 1100 g/mol. The van der Waals surface area contributed by atoms with E-state index in [1.54, 1.807) is 0 Å². The van der Waals surface area contributed by atoms with E-state index in [1.807, 2.05) is 21.1 Å². The Labute approximate surface area is 476 Å². The highest BCUT2D eigenvalue weighted by molar-refractivity contribution is 7.45. The van der Waals surface area contributed by atoms with Crippen molar-refractivity contribution in [2.24, 2.45) is 0 Å². The highest BCUT2D eigenvalue weighted by Crippen LogP contribution is 2.38. The van der Waals surface area contributed by atoms with Crippen molar-refractivity contribution in [1.29, 1.82) is 0 Å². The maximum Gasteiger partial charge on any atom is 0.268 e. The fraction of sp³-hybridized carbons (Fsp3) is 0.776. The zero-order valence-corrected chi connectivity index (χ0v) is 51.7. The van der Waals surface area contributed by atoms with Gasteiger partial charge in [-0.25, -0.2) is 0 Å². The normalized spacial score (nSPS) is 14.8. The summed E-state index contributed by atoms with van der Waals surface area (Å²) in [4.78, 5) is 25.5. The molecule has 0 aliphatic rings. The Balaban J connectivity index is 3.93. The second kappa shape index (κ2) is 56.9. The minimum atomic E-state index is -4.68. The number of carbonyl (C=O) groups excluding carboxylic acids is 1. The molecule has 77 heavy (non-hydrogen) atoms. The molecule has 9 nitrogen and oxygen atoms in total. The molecule has 0 aliphatic carbocycles. The number of aliphatic hydroxyl groups is 2. The minimum Gasteiger partial charge on any atom is -0.756 e. The number of hydrogen-bond donors (Lipinski definition) is 3. The van der Waals surface area contributed by atoms with Crippen molar-refractivity contribution in [3.8, 4) is 0 Å². The number of nitrogens with one attached hydrogen (secondary N) is 1. The molecule has 0 radical (unpaired) electrons. The fourth-order valence-corrected chi connectivity index (χ4v) is 9.90. The van der Waals surface area contributed by atoms with Crippen molar-refractivity contribution in [2.75, 3.05) is 40.9 Å². The van der Waals surface area contributed by atoms with Crippen molar-refractivity contribution in [3.63, 3.8) is 0 Å². The number of likely N-dealkylation sites (N-methyl/N-ethyl adjacent to an activating group) is 1. The fourth-order valence-electron chi connectivity index (χ4n) is 9.18. The average molecular weight is 1100 g/mol. The molecule has 10 heteroatoms. The van der Waals surface area contributed by atoms with Crippen LogP contribution in [0.4, 0.5) is 0 Å². The van der Waals surface area contributed by atoms with Gasteiger partial charge in [-0.2, -0.15) is 0 Å². The second-order valence-electron chi connectivity index (χ2n) is 22.9. The molecule has 0 aromatic rings. The number of amides is 1. The Bertz CT molecular complexity index is 1550. The van der Waals surface area contributed by atoms with Crippen molar-refractivity contribution < 1.29 is 38.0 Å². The lowest BCUT2D eigenvalue weighted by Gasteiger charge is -2.31. The molecular weight excluding hydrogens is 976 g/mol. The third-order valence-corrected chi connectivity index (χ3v) is 15.2. The van der Waals surface area contributed by atoms with Crippen LogP contribution < -0.4 is 10.2 Å². The van der Waals surface area contributed by atoms with Gasteiger partial charge >= 0.3 is 0 Å². The molecule has 4 atom stereocenters. The number of quaternary nitrogens is 1. The van der Waals surface area contributed by atoms with Crippen LogP contribution in [0, 0.1) is 0 Å². The van der Waals surface area contributed by atoms with E-state index in [2.05, 4.69) is 104 Å². The average Bonchev–Trinajstić information content (AvgIpc) is 3.39. The lowest BCUT2D eigenvalue weighted by Crippen LogP contribution is -2.51. The molecule has 0 aromatic heterocycles. The standard InChI is InChI=1S/C67H123N2O7P/c1-6-8-10-12-14-16-18-20-21-22-23-24-25-26-27-28-29-30-31-32-33-34-35-36-37-38-39-40-41-42-43-44-45-46-47-48-50-52-54-56-58-60-66(71)68-64(63-76-77(73,74)75-62-61-69(3,4)5)67(72)65(70)59-57-55-53-51-49-19-17-15-13-11-9-7-2/h8,10,14-17,20-21,23-24,26-27,51,53,64-65,67,70,72H,6-7,9,11-13,18-19,22,25,28-50,52,54-63H2,1-5H3,(H-,68,71,73,74)/b10-8-,16-14-,17-15+,21-20-,24-23-,27-26-,53-51+. The smallest absolute Gasteiger partial charge is 0.268 e. The highest BCUT2D eigenvalue weighted by atomic mass is 31.2. The van der Waals surface area contributed by atoms with Gasteiger partial charge in [0, 0.05) is 6.42 Å². The van der Waals surface area contributed by atoms with Gasteiger partial charge < -0.3 is 34.0 Å². The summed E-state index contributed by atoms with van der Waals surface area (Å²) in [5.41, 5.74) is 0. The summed E-state index contributed by atoms with van der Waals surface area (Å²) >= 11 is 0. The molecule has 0 spiro atoms. The Morgan fingerprint density at radius 2 is 0.831 bits per heavy atom. The number of unbranched alkanes of at least 4 members (excludes halogenated alkanes) is 30. The first kappa shape index (κ1) is 74.6. The molecule has 448 valence electrons. The Kier molecular flexibility index (Phi) is 55.2. The maximum atomic E-state index is 13.0. The van der Waals surface area contributed by atoms with Crippen LogP contribution in [-0.4, -0.2) is 79.8 Å². The van der Waals surface area contributed by atoms with Crippen LogP contribution in [0.1, 0.15) is 277 Å². The topological polar surface area (TPSA) is 128 Å². The molecule has 0 bridgehead atoms. The quantitative estimate of drug-likeness (QED) is 0.0239. The van der Waals surface area contributed by atoms with Gasteiger partial charge in [0.2, 0.25) is 5.91 Å². The molecule has 3 N–H and O–H groups in total. The van der Waals surface area contributed by atoms with Gasteiger partial charge in [0.1, 0.15) is 19.3 Å². The van der Waals surface area contributed by atoms with E-state index in [4.69, 9.17) is 9.05 Å². The van der Waals surface area contributed by atoms with Gasteiger partial charge in [-0.05, 0) is 96.3 Å². The van der Waals surface area contributed by atoms with Gasteiger partial charge in [0.15, 0.2) is 0 Å². The van der Waals surface area contributed by atoms with E-state index in [1.165, 1.54) is 161 Å². The summed E-state index contributed by atoms with van der Waals surface area (Å²) in [6.45, 7) is 4.27. The third kappa shape index (κ3) is 58.1. The predicted octanol–water partition coefficient (Wildman–Crippen LogP) is 18.3. The second-order valence-corrected chi connectivity index (χ2v) is 24.3. The summed E-state index contributed by atoms with van der Waals surface area (Å²) in [6, 6.07) is -1.10. The summed E-state index contributed by atoms with van der Waals surface area (Å²) in [5.74, 6) is -0.291. The van der Waals surface area contributed by atoms with Gasteiger partial charge in [-0.15, -0.1) is 0 Å². The lowest BCUT2D eigenvalue weighted by atomic mass is 10.0. The zero-order chi connectivity index (χ0) is 56.4. The first-order valence-corrected chi connectivity index (χ1v) is 33.5. The zero-order valence-electron chi connectivity index (χ0n) is 50.8. The maximum absolute atomic E-state index is 13.0. The van der Waals surface area contributed by atoms with Crippen LogP contribution in [0.15, 0.2) is 85.1 Å². The lowest BCUT2D eigenvalue weighted by molar-refractivity contribution is -0.870. The first-order chi connectivity index (χ1) is 37.4. The summed E-state index contributed by atoms with van der Waals surface area (Å²) < 4.78 is 23.2. The van der Waals surface area contributed by atoms with E-state index >= 15 is 0 Å². The van der Waals surface area contributed by atoms with Crippen molar-refractivity contribution in [2.45, 2.75) is 295 Å². The van der Waals surface area contributed by atoms with Crippen LogP contribution in [0.2, 0.25) is 0 Å². The number of carbonyl (C=O) groups is 1. The van der Waals surface area contributed by atoms with E-state index in [0.29, 0.717) is 30.3 Å². The highest BCUT2D eigenvalue weighted by Gasteiger charge is 2.29. The van der Waals surface area contributed by atoms with Gasteiger partial charge in [-0.3, -0.25) is 9.36 Å². The van der Waals surface area contributed by atoms with Crippen molar-refractivity contribution in [3.05, 3.63) is 85.1 Å². The number of phosphoric acid groups is 1. The minimum absolute atomic E-state index is 0.0494. The Morgan fingerprint density at radius 1 is 0.481 bits per heavy atom. The Hall–Kier alpha value is -2.36. The van der Waals surface area contributed by atoms with E-state index < -0.39 is 32.7 Å². The van der Waals surface area contributed by atoms with Crippen molar-refractivity contribution >= 4 is 13.7 Å². The predicted molar refractivity (Wildman–Crippen MR) is 331 cm³/mol. The number of nitrogens with zero attached hydrogens (tertiary/aromatic N) is 1. The molecule has 0 fully saturated rings. The molecular formula is C67H123N2O7P. The van der Waals surface area contributed by atoms with E-state index in [-0.39, 0.29) is 18.9 Å². The number of hydrogen-bond acceptors (Lipinski definition) is 7. The molecule has 0 saturated heterocycles. The molecule has 0 heterocycles. The third-order valence-electron chi connectivity index (χ3n) is 14.2. The van der Waals surface area contributed by atoms with Crippen LogP contribution in [0.25, 0.3) is 0 Å². The molecule has 1 amide bonds. The SMILES string of the molecule is CC/C=C\C/C=C\C/C=C\C/C=C\C/C=C\CCCCCCCCCCCCCCCCCCCCCCCCCCCC(=O)NC(COP(=O)([O-])OCC[N+](C)(C)C)C(O)C(O)CCC/C=C/CC/C=C/CCCCC. The molecule has 4 unspecified atom stereocenters. The van der Waals surface area contributed by atoms with Crippen LogP contribution in [0.3, 0.4) is 0 Å². The number of allylic oxidation sites excluding steroid dienone is 14. The van der Waals surface area contributed by atoms with Gasteiger partial charge in [-0.1, -0.05) is 259 Å². The first-order valence-electron chi connectivity index (χ1n) is 32.0. The van der Waals surface area contributed by atoms with E-state index in [9.17, 15) is 24.5 Å². The molecule has 0 aliphatic heterocycles. The number of rotatable bonds is 58. The van der Waals surface area contributed by atoms with Crippen LogP contribution in [0.5, 0.6) is 0 Å². The molecule has 0 saturated carbocycles.